The quantitative estimate of drug-likeness (QED) is 0.154. The van der Waals surface area contributed by atoms with E-state index in [0.717, 1.165) is 94.8 Å². The molecule has 0 unspecified atom stereocenters. The van der Waals surface area contributed by atoms with Crippen LogP contribution in [0.25, 0.3) is 101 Å². The molecule has 0 aliphatic heterocycles. The largest absolute Gasteiger partial charge is 0.255 e. The molecule has 0 amide bonds. The topological polar surface area (TPSA) is 64.5 Å². The van der Waals surface area contributed by atoms with Gasteiger partial charge in [0.15, 0.2) is 5.82 Å². The summed E-state index contributed by atoms with van der Waals surface area (Å²) in [4.78, 5) is 25.2. The fourth-order valence-corrected chi connectivity index (χ4v) is 7.30. The first-order valence-electron chi connectivity index (χ1n) is 18.7. The molecule has 56 heavy (non-hydrogen) atoms. The lowest BCUT2D eigenvalue weighted by molar-refractivity contribution is 1.16. The number of hydrogen-bond donors (Lipinski definition) is 0. The molecule has 0 radical (unpaired) electrons. The molecular weight excluding hydrogens is 683 g/mol. The van der Waals surface area contributed by atoms with Crippen molar-refractivity contribution in [2.24, 2.45) is 0 Å². The van der Waals surface area contributed by atoms with E-state index in [2.05, 4.69) is 138 Å². The molecule has 6 aromatic carbocycles. The maximum atomic E-state index is 5.33. The number of fused-ring (bicyclic) bond motifs is 3. The van der Waals surface area contributed by atoms with Crippen LogP contribution in [-0.2, 0) is 0 Å². The predicted octanol–water partition coefficient (Wildman–Crippen LogP) is 12.6. The number of aromatic nitrogens is 5. The zero-order valence-electron chi connectivity index (χ0n) is 30.3. The molecule has 0 N–H and O–H groups in total. The van der Waals surface area contributed by atoms with Crippen LogP contribution in [-0.4, -0.2) is 24.9 Å². The molecule has 5 heteroatoms. The minimum absolute atomic E-state index is 0.649. The lowest BCUT2D eigenvalue weighted by atomic mass is 9.96. The zero-order chi connectivity index (χ0) is 37.3. The van der Waals surface area contributed by atoms with Crippen LogP contribution in [0.2, 0.25) is 0 Å². The van der Waals surface area contributed by atoms with Crippen LogP contribution in [0.3, 0.4) is 0 Å². The Kier molecular flexibility index (Phi) is 8.43. The molecule has 0 bridgehead atoms. The van der Waals surface area contributed by atoms with E-state index in [-0.39, 0.29) is 0 Å². The highest BCUT2D eigenvalue weighted by atomic mass is 14.9. The zero-order valence-corrected chi connectivity index (χ0v) is 30.3. The van der Waals surface area contributed by atoms with Gasteiger partial charge in [0.2, 0.25) is 0 Å². The van der Waals surface area contributed by atoms with Crippen molar-refractivity contribution in [3.63, 3.8) is 0 Å². The number of hydrogen-bond acceptors (Lipinski definition) is 5. The van der Waals surface area contributed by atoms with Crippen molar-refractivity contribution in [1.82, 2.24) is 24.9 Å². The highest BCUT2D eigenvalue weighted by Crippen LogP contribution is 2.37. The summed E-state index contributed by atoms with van der Waals surface area (Å²) < 4.78 is 0. The normalized spacial score (nSPS) is 11.2. The molecule has 0 aliphatic rings. The molecule has 10 aromatic rings. The van der Waals surface area contributed by atoms with Crippen molar-refractivity contribution in [3.8, 4) is 78.8 Å². The molecule has 0 saturated carbocycles. The van der Waals surface area contributed by atoms with Crippen molar-refractivity contribution in [1.29, 1.82) is 0 Å². The lowest BCUT2D eigenvalue weighted by Crippen LogP contribution is -1.97. The molecule has 0 fully saturated rings. The first kappa shape index (κ1) is 33.0. The van der Waals surface area contributed by atoms with Gasteiger partial charge in [-0.3, -0.25) is 4.98 Å². The van der Waals surface area contributed by atoms with Crippen LogP contribution < -0.4 is 0 Å². The lowest BCUT2D eigenvalue weighted by Gasteiger charge is -2.13. The van der Waals surface area contributed by atoms with Crippen LogP contribution in [0.4, 0.5) is 0 Å². The molecular formula is C51H33N5. The summed E-state index contributed by atoms with van der Waals surface area (Å²) in [5.74, 6) is 0.649. The van der Waals surface area contributed by atoms with E-state index in [9.17, 15) is 0 Å². The van der Waals surface area contributed by atoms with Gasteiger partial charge in [-0.1, -0.05) is 158 Å². The van der Waals surface area contributed by atoms with Crippen molar-refractivity contribution in [2.75, 3.05) is 0 Å². The summed E-state index contributed by atoms with van der Waals surface area (Å²) in [5.41, 5.74) is 14.5. The Labute approximate surface area is 324 Å². The monoisotopic (exact) mass is 715 g/mol. The predicted molar refractivity (Wildman–Crippen MR) is 228 cm³/mol. The fraction of sp³-hybridized carbons (Fsp3) is 0. The summed E-state index contributed by atoms with van der Waals surface area (Å²) in [6.07, 6.45) is 1.79. The van der Waals surface area contributed by atoms with E-state index in [4.69, 9.17) is 19.9 Å². The minimum atomic E-state index is 0.649. The van der Waals surface area contributed by atoms with E-state index in [1.54, 1.807) is 6.20 Å². The molecule has 0 spiro atoms. The van der Waals surface area contributed by atoms with Gasteiger partial charge in [0, 0.05) is 39.2 Å². The summed E-state index contributed by atoms with van der Waals surface area (Å²) in [6, 6.07) is 66.8. The second-order valence-corrected chi connectivity index (χ2v) is 13.7. The minimum Gasteiger partial charge on any atom is -0.255 e. The number of nitrogens with zero attached hydrogens (tertiary/aromatic N) is 5. The highest BCUT2D eigenvalue weighted by Gasteiger charge is 2.16. The summed E-state index contributed by atoms with van der Waals surface area (Å²) >= 11 is 0. The number of pyridine rings is 3. The Bertz CT molecular complexity index is 2930. The van der Waals surface area contributed by atoms with Crippen LogP contribution in [0.1, 0.15) is 0 Å². The van der Waals surface area contributed by atoms with Crippen LogP contribution in [0, 0.1) is 0 Å². The molecule has 4 aromatic heterocycles. The fourth-order valence-electron chi connectivity index (χ4n) is 7.30. The molecule has 10 rings (SSSR count). The first-order valence-corrected chi connectivity index (χ1v) is 18.7. The standard InChI is InChI=1S/C51H33N5/c1-4-13-35(14-5-1)43-32-46(54-50-42(43)28-26-39-27-29-44(53-49(39)50)36-15-6-2-7-16-36)38-24-22-34(23-25-38)40-19-12-20-41(31-40)51-55-47(37-17-8-3-9-18-37)33-48(56-51)45-21-10-11-30-52-45/h1-33H. The smallest absolute Gasteiger partial charge is 0.160 e. The Hall–Kier alpha value is -7.63. The third-order valence-electron chi connectivity index (χ3n) is 10.2. The van der Waals surface area contributed by atoms with E-state index in [0.29, 0.717) is 5.82 Å². The van der Waals surface area contributed by atoms with E-state index in [1.807, 2.05) is 60.7 Å². The van der Waals surface area contributed by atoms with E-state index in [1.165, 1.54) is 0 Å². The second kappa shape index (κ2) is 14.3. The second-order valence-electron chi connectivity index (χ2n) is 13.7. The van der Waals surface area contributed by atoms with Crippen molar-refractivity contribution >= 4 is 21.8 Å². The molecule has 0 aliphatic carbocycles. The Morgan fingerprint density at radius 1 is 0.286 bits per heavy atom. The maximum absolute atomic E-state index is 5.33. The van der Waals surface area contributed by atoms with E-state index >= 15 is 0 Å². The van der Waals surface area contributed by atoms with Crippen molar-refractivity contribution in [3.05, 3.63) is 200 Å². The van der Waals surface area contributed by atoms with Gasteiger partial charge in [-0.25, -0.2) is 19.9 Å². The van der Waals surface area contributed by atoms with Gasteiger partial charge < -0.3 is 0 Å². The summed E-state index contributed by atoms with van der Waals surface area (Å²) in [6.45, 7) is 0. The van der Waals surface area contributed by atoms with Gasteiger partial charge in [0.05, 0.1) is 39.5 Å². The van der Waals surface area contributed by atoms with Gasteiger partial charge in [-0.15, -0.1) is 0 Å². The van der Waals surface area contributed by atoms with E-state index < -0.39 is 0 Å². The molecule has 0 atom stereocenters. The van der Waals surface area contributed by atoms with Gasteiger partial charge >= 0.3 is 0 Å². The number of rotatable bonds is 7. The Balaban J connectivity index is 1.05. The SMILES string of the molecule is c1ccc(-c2cc(-c3ccccn3)nc(-c3cccc(-c4ccc(-c5cc(-c6ccccc6)c6ccc7ccc(-c8ccccc8)nc7c6n5)cc4)c3)n2)cc1. The Morgan fingerprint density at radius 2 is 0.857 bits per heavy atom. The third kappa shape index (κ3) is 6.37. The molecule has 0 saturated heterocycles. The molecule has 5 nitrogen and oxygen atoms in total. The maximum Gasteiger partial charge on any atom is 0.160 e. The van der Waals surface area contributed by atoms with Gasteiger partial charge in [-0.05, 0) is 58.7 Å². The van der Waals surface area contributed by atoms with Gasteiger partial charge in [-0.2, -0.15) is 0 Å². The summed E-state index contributed by atoms with van der Waals surface area (Å²) in [7, 11) is 0. The van der Waals surface area contributed by atoms with Crippen LogP contribution in [0.5, 0.6) is 0 Å². The molecule has 4 heterocycles. The van der Waals surface area contributed by atoms with Gasteiger partial charge in [0.1, 0.15) is 0 Å². The first-order chi connectivity index (χ1) is 27.7. The average Bonchev–Trinajstić information content (AvgIpc) is 3.29. The number of benzene rings is 6. The van der Waals surface area contributed by atoms with Crippen molar-refractivity contribution in [2.45, 2.75) is 0 Å². The highest BCUT2D eigenvalue weighted by molar-refractivity contribution is 6.09. The molecule has 262 valence electrons. The van der Waals surface area contributed by atoms with Crippen LogP contribution >= 0.6 is 0 Å². The van der Waals surface area contributed by atoms with Gasteiger partial charge in [0.25, 0.3) is 0 Å². The van der Waals surface area contributed by atoms with Crippen molar-refractivity contribution < 1.29 is 0 Å². The van der Waals surface area contributed by atoms with Crippen LogP contribution in [0.15, 0.2) is 200 Å². The Morgan fingerprint density at radius 3 is 1.59 bits per heavy atom. The average molecular weight is 716 g/mol. The summed E-state index contributed by atoms with van der Waals surface area (Å²) in [5, 5.41) is 2.13. The third-order valence-corrected chi connectivity index (χ3v) is 10.2.